The highest BCUT2D eigenvalue weighted by Gasteiger charge is 2.29. The SMILES string of the molecule is CCOC(=O)C(c1ccsc1)N1CCNCC1. The fraction of sp³-hybridized carbons (Fsp3) is 0.583. The van der Waals surface area contributed by atoms with Gasteiger partial charge in [0, 0.05) is 26.2 Å². The van der Waals surface area contributed by atoms with Crippen molar-refractivity contribution < 1.29 is 9.53 Å². The molecule has 1 aliphatic heterocycles. The van der Waals surface area contributed by atoms with E-state index in [1.54, 1.807) is 11.3 Å². The van der Waals surface area contributed by atoms with Crippen molar-refractivity contribution in [1.82, 2.24) is 10.2 Å². The molecule has 1 atom stereocenters. The maximum Gasteiger partial charge on any atom is 0.328 e. The molecule has 0 aromatic carbocycles. The Balaban J connectivity index is 2.14. The molecule has 5 heteroatoms. The molecule has 94 valence electrons. The van der Waals surface area contributed by atoms with Crippen molar-refractivity contribution >= 4 is 17.3 Å². The maximum absolute atomic E-state index is 12.1. The van der Waals surface area contributed by atoms with Gasteiger partial charge in [-0.3, -0.25) is 4.90 Å². The number of nitrogens with zero attached hydrogens (tertiary/aromatic N) is 1. The van der Waals surface area contributed by atoms with Crippen LogP contribution in [0.1, 0.15) is 18.5 Å². The molecule has 17 heavy (non-hydrogen) atoms. The molecule has 0 radical (unpaired) electrons. The Morgan fingerprint density at radius 1 is 1.59 bits per heavy atom. The van der Waals surface area contributed by atoms with E-state index in [0.717, 1.165) is 31.7 Å². The van der Waals surface area contributed by atoms with Crippen LogP contribution in [0.4, 0.5) is 0 Å². The minimum atomic E-state index is -0.233. The van der Waals surface area contributed by atoms with Gasteiger partial charge < -0.3 is 10.1 Å². The molecule has 0 aliphatic carbocycles. The lowest BCUT2D eigenvalue weighted by Gasteiger charge is -2.33. The van der Waals surface area contributed by atoms with Crippen LogP contribution in [0.5, 0.6) is 0 Å². The van der Waals surface area contributed by atoms with Crippen molar-refractivity contribution in [3.05, 3.63) is 22.4 Å². The van der Waals surface area contributed by atoms with Gasteiger partial charge in [-0.2, -0.15) is 11.3 Å². The van der Waals surface area contributed by atoms with Crippen LogP contribution in [0, 0.1) is 0 Å². The summed E-state index contributed by atoms with van der Waals surface area (Å²) in [6.45, 7) is 5.92. The van der Waals surface area contributed by atoms with Gasteiger partial charge in [0.1, 0.15) is 6.04 Å². The van der Waals surface area contributed by atoms with Gasteiger partial charge in [-0.15, -0.1) is 0 Å². The predicted molar refractivity (Wildman–Crippen MR) is 68.1 cm³/mol. The third-order valence-corrected chi connectivity index (χ3v) is 3.59. The molecule has 1 aliphatic rings. The Morgan fingerprint density at radius 3 is 2.94 bits per heavy atom. The van der Waals surface area contributed by atoms with Gasteiger partial charge in [-0.1, -0.05) is 0 Å². The minimum Gasteiger partial charge on any atom is -0.465 e. The van der Waals surface area contributed by atoms with Crippen LogP contribution in [0.25, 0.3) is 0 Å². The molecule has 4 nitrogen and oxygen atoms in total. The van der Waals surface area contributed by atoms with Crippen molar-refractivity contribution in [2.24, 2.45) is 0 Å². The van der Waals surface area contributed by atoms with Crippen LogP contribution in [-0.4, -0.2) is 43.7 Å². The van der Waals surface area contributed by atoms with E-state index in [2.05, 4.69) is 10.2 Å². The summed E-state index contributed by atoms with van der Waals surface area (Å²) in [5, 5.41) is 7.33. The van der Waals surface area contributed by atoms with Crippen LogP contribution in [-0.2, 0) is 9.53 Å². The summed E-state index contributed by atoms with van der Waals surface area (Å²) < 4.78 is 5.18. The average Bonchev–Trinajstić information content (AvgIpc) is 2.85. The van der Waals surface area contributed by atoms with Gasteiger partial charge in [0.05, 0.1) is 6.61 Å². The Kier molecular flexibility index (Phi) is 4.53. The molecule has 1 fully saturated rings. The highest BCUT2D eigenvalue weighted by atomic mass is 32.1. The summed E-state index contributed by atoms with van der Waals surface area (Å²) in [5.74, 6) is -0.132. The molecule has 1 saturated heterocycles. The number of rotatable bonds is 4. The van der Waals surface area contributed by atoms with Crippen LogP contribution in [0.3, 0.4) is 0 Å². The molecule has 1 aromatic rings. The topological polar surface area (TPSA) is 41.6 Å². The fourth-order valence-electron chi connectivity index (χ4n) is 2.09. The fourth-order valence-corrected chi connectivity index (χ4v) is 2.77. The quantitative estimate of drug-likeness (QED) is 0.821. The van der Waals surface area contributed by atoms with Crippen molar-refractivity contribution in [2.75, 3.05) is 32.8 Å². The molecule has 2 rings (SSSR count). The van der Waals surface area contributed by atoms with Crippen molar-refractivity contribution in [3.8, 4) is 0 Å². The first kappa shape index (κ1) is 12.5. The first-order valence-corrected chi connectivity index (χ1v) is 6.90. The Morgan fingerprint density at radius 2 is 2.35 bits per heavy atom. The first-order chi connectivity index (χ1) is 8.33. The van der Waals surface area contributed by atoms with E-state index in [9.17, 15) is 4.79 Å². The van der Waals surface area contributed by atoms with Gasteiger partial charge in [0.2, 0.25) is 0 Å². The zero-order valence-corrected chi connectivity index (χ0v) is 10.8. The van der Waals surface area contributed by atoms with Crippen molar-refractivity contribution in [2.45, 2.75) is 13.0 Å². The second-order valence-corrected chi connectivity index (χ2v) is 4.78. The molecule has 2 heterocycles. The predicted octanol–water partition coefficient (Wildman–Crippen LogP) is 1.26. The first-order valence-electron chi connectivity index (χ1n) is 5.96. The molecule has 0 spiro atoms. The number of carbonyl (C=O) groups is 1. The number of ether oxygens (including phenoxy) is 1. The monoisotopic (exact) mass is 254 g/mol. The number of hydrogen-bond acceptors (Lipinski definition) is 5. The smallest absolute Gasteiger partial charge is 0.328 e. The third kappa shape index (κ3) is 3.06. The molecular formula is C12H18N2O2S. The summed E-state index contributed by atoms with van der Waals surface area (Å²) in [7, 11) is 0. The lowest BCUT2D eigenvalue weighted by Crippen LogP contribution is -2.47. The van der Waals surface area contributed by atoms with Crippen LogP contribution in [0.15, 0.2) is 16.8 Å². The number of piperazine rings is 1. The number of thiophene rings is 1. The van der Waals surface area contributed by atoms with Gasteiger partial charge in [-0.05, 0) is 29.3 Å². The Hall–Kier alpha value is -0.910. The van der Waals surface area contributed by atoms with Gasteiger partial charge >= 0.3 is 5.97 Å². The summed E-state index contributed by atoms with van der Waals surface area (Å²) in [6, 6.07) is 1.78. The van der Waals surface area contributed by atoms with E-state index in [1.165, 1.54) is 0 Å². The molecule has 1 unspecified atom stereocenters. The van der Waals surface area contributed by atoms with Crippen LogP contribution >= 0.6 is 11.3 Å². The highest BCUT2D eigenvalue weighted by Crippen LogP contribution is 2.24. The van der Waals surface area contributed by atoms with Gasteiger partial charge in [-0.25, -0.2) is 4.79 Å². The van der Waals surface area contributed by atoms with E-state index in [4.69, 9.17) is 4.74 Å². The summed E-state index contributed by atoms with van der Waals surface area (Å²) in [6.07, 6.45) is 0. The minimum absolute atomic E-state index is 0.132. The van der Waals surface area contributed by atoms with E-state index < -0.39 is 0 Å². The zero-order valence-electron chi connectivity index (χ0n) is 10.0. The van der Waals surface area contributed by atoms with E-state index >= 15 is 0 Å². The molecule has 0 saturated carbocycles. The zero-order chi connectivity index (χ0) is 12.1. The van der Waals surface area contributed by atoms with Crippen LogP contribution in [0.2, 0.25) is 0 Å². The second-order valence-electron chi connectivity index (χ2n) is 4.00. The number of esters is 1. The maximum atomic E-state index is 12.1. The lowest BCUT2D eigenvalue weighted by atomic mass is 10.1. The molecule has 0 amide bonds. The summed E-state index contributed by atoms with van der Waals surface area (Å²) in [4.78, 5) is 14.3. The lowest BCUT2D eigenvalue weighted by molar-refractivity contribution is -0.150. The summed E-state index contributed by atoms with van der Waals surface area (Å²) in [5.41, 5.74) is 1.05. The number of hydrogen-bond donors (Lipinski definition) is 1. The van der Waals surface area contributed by atoms with Gasteiger partial charge in [0.25, 0.3) is 0 Å². The second kappa shape index (κ2) is 6.14. The van der Waals surface area contributed by atoms with E-state index in [-0.39, 0.29) is 12.0 Å². The molecule has 1 aromatic heterocycles. The largest absolute Gasteiger partial charge is 0.465 e. The molecular weight excluding hydrogens is 236 g/mol. The van der Waals surface area contributed by atoms with E-state index in [0.29, 0.717) is 6.61 Å². The van der Waals surface area contributed by atoms with Crippen molar-refractivity contribution in [3.63, 3.8) is 0 Å². The normalized spacial score (nSPS) is 18.9. The van der Waals surface area contributed by atoms with E-state index in [1.807, 2.05) is 23.8 Å². The number of nitrogens with one attached hydrogen (secondary N) is 1. The third-order valence-electron chi connectivity index (χ3n) is 2.89. The number of carbonyl (C=O) groups excluding carboxylic acids is 1. The average molecular weight is 254 g/mol. The van der Waals surface area contributed by atoms with Gasteiger partial charge in [0.15, 0.2) is 0 Å². The molecule has 0 bridgehead atoms. The highest BCUT2D eigenvalue weighted by molar-refractivity contribution is 7.08. The Labute approximate surface area is 106 Å². The standard InChI is InChI=1S/C12H18N2O2S/c1-2-16-12(15)11(10-3-8-17-9-10)14-6-4-13-5-7-14/h3,8-9,11,13H,2,4-7H2,1H3. The summed E-state index contributed by atoms with van der Waals surface area (Å²) >= 11 is 1.62. The molecule has 1 N–H and O–H groups in total. The van der Waals surface area contributed by atoms with Crippen LogP contribution < -0.4 is 5.32 Å². The Bertz CT molecular complexity index is 347. The van der Waals surface area contributed by atoms with Crippen molar-refractivity contribution in [1.29, 1.82) is 0 Å².